The first-order valence-electron chi connectivity index (χ1n) is 7.75. The molecule has 0 bridgehead atoms. The molecule has 1 atom stereocenters. The number of hydrogen-bond donors (Lipinski definition) is 1. The molecule has 0 saturated carbocycles. The maximum atomic E-state index is 6.00. The van der Waals surface area contributed by atoms with Crippen LogP contribution in [0.2, 0.25) is 5.02 Å². The molecule has 3 rings (SSSR count). The third-order valence-electron chi connectivity index (χ3n) is 3.88. The topological polar surface area (TPSA) is 50.8 Å². The molecule has 5 heteroatoms. The lowest BCUT2D eigenvalue weighted by Crippen LogP contribution is -2.18. The van der Waals surface area contributed by atoms with E-state index in [1.54, 1.807) is 0 Å². The summed E-state index contributed by atoms with van der Waals surface area (Å²) < 4.78 is 5.50. The third-order valence-corrected chi connectivity index (χ3v) is 4.13. The fourth-order valence-corrected chi connectivity index (χ4v) is 2.87. The summed E-state index contributed by atoms with van der Waals surface area (Å²) in [5.41, 5.74) is 9.00. The maximum absolute atomic E-state index is 6.00. The van der Waals surface area contributed by atoms with Crippen LogP contribution in [0, 0.1) is 0 Å². The Morgan fingerprint density at radius 1 is 1.17 bits per heavy atom. The Kier molecular flexibility index (Phi) is 4.84. The zero-order chi connectivity index (χ0) is 16.2. The molecule has 1 aliphatic rings. The highest BCUT2D eigenvalue weighted by molar-refractivity contribution is 6.30. The monoisotopic (exact) mass is 329 g/mol. The summed E-state index contributed by atoms with van der Waals surface area (Å²) in [6, 6.07) is 16.0. The number of halogens is 1. The highest BCUT2D eigenvalue weighted by atomic mass is 35.5. The normalized spacial score (nSPS) is 17.3. The average Bonchev–Trinajstić information content (AvgIpc) is 3.01. The number of nitrogens with zero attached hydrogens (tertiary/aromatic N) is 2. The molecular formula is C18H20ClN3O. The van der Waals surface area contributed by atoms with Gasteiger partial charge in [-0.2, -0.15) is 5.10 Å². The minimum absolute atomic E-state index is 0.142. The van der Waals surface area contributed by atoms with Crippen LogP contribution in [-0.4, -0.2) is 18.9 Å². The van der Waals surface area contributed by atoms with E-state index in [1.165, 1.54) is 5.56 Å². The van der Waals surface area contributed by atoms with Gasteiger partial charge in [-0.15, -0.1) is 0 Å². The van der Waals surface area contributed by atoms with Crippen LogP contribution in [0.3, 0.4) is 0 Å². The lowest BCUT2D eigenvalue weighted by atomic mass is 10.0. The molecule has 120 valence electrons. The Hall–Kier alpha value is -2.04. The van der Waals surface area contributed by atoms with Crippen LogP contribution in [-0.2, 0) is 0 Å². The van der Waals surface area contributed by atoms with Crippen molar-refractivity contribution in [3.63, 3.8) is 0 Å². The molecule has 0 aromatic heterocycles. The zero-order valence-corrected chi connectivity index (χ0v) is 13.8. The van der Waals surface area contributed by atoms with Crippen molar-refractivity contribution in [2.45, 2.75) is 19.4 Å². The van der Waals surface area contributed by atoms with E-state index in [0.29, 0.717) is 13.2 Å². The number of hydrazone groups is 1. The van der Waals surface area contributed by atoms with Crippen LogP contribution < -0.4 is 15.5 Å². The van der Waals surface area contributed by atoms with E-state index in [9.17, 15) is 0 Å². The zero-order valence-electron chi connectivity index (χ0n) is 13.1. The van der Waals surface area contributed by atoms with Crippen LogP contribution in [0.15, 0.2) is 53.6 Å². The molecule has 0 amide bonds. The molecule has 0 fully saturated rings. The van der Waals surface area contributed by atoms with Gasteiger partial charge in [0.15, 0.2) is 0 Å². The minimum atomic E-state index is 0.142. The van der Waals surface area contributed by atoms with Crippen molar-refractivity contribution < 1.29 is 4.74 Å². The van der Waals surface area contributed by atoms with E-state index in [1.807, 2.05) is 60.5 Å². The minimum Gasteiger partial charge on any atom is -0.494 e. The third kappa shape index (κ3) is 3.49. The molecule has 4 nitrogen and oxygen atoms in total. The second kappa shape index (κ2) is 7.02. The second-order valence-corrected chi connectivity index (χ2v) is 5.85. The van der Waals surface area contributed by atoms with Crippen LogP contribution in [0.5, 0.6) is 5.75 Å². The van der Waals surface area contributed by atoms with Gasteiger partial charge in [0.1, 0.15) is 5.75 Å². The second-order valence-electron chi connectivity index (χ2n) is 5.41. The largest absolute Gasteiger partial charge is 0.494 e. The Labute approximate surface area is 141 Å². The molecule has 1 heterocycles. The quantitative estimate of drug-likeness (QED) is 0.901. The predicted molar refractivity (Wildman–Crippen MR) is 95.4 cm³/mol. The van der Waals surface area contributed by atoms with Crippen molar-refractivity contribution in [3.05, 3.63) is 59.1 Å². The Morgan fingerprint density at radius 2 is 1.87 bits per heavy atom. The van der Waals surface area contributed by atoms with Gasteiger partial charge in [0, 0.05) is 18.0 Å². The highest BCUT2D eigenvalue weighted by Crippen LogP contribution is 2.36. The Balaban J connectivity index is 1.89. The smallest absolute Gasteiger partial charge is 0.119 e. The van der Waals surface area contributed by atoms with Crippen molar-refractivity contribution in [1.82, 2.24) is 0 Å². The van der Waals surface area contributed by atoms with Gasteiger partial charge in [0.2, 0.25) is 0 Å². The molecule has 2 aromatic rings. The average molecular weight is 330 g/mol. The van der Waals surface area contributed by atoms with E-state index in [4.69, 9.17) is 22.1 Å². The summed E-state index contributed by atoms with van der Waals surface area (Å²) in [4.78, 5) is 0. The van der Waals surface area contributed by atoms with Gasteiger partial charge >= 0.3 is 0 Å². The molecule has 2 aromatic carbocycles. The Morgan fingerprint density at radius 3 is 2.48 bits per heavy atom. The van der Waals surface area contributed by atoms with Crippen LogP contribution in [0.1, 0.15) is 24.9 Å². The summed E-state index contributed by atoms with van der Waals surface area (Å²) in [6.45, 7) is 3.10. The number of benzene rings is 2. The van der Waals surface area contributed by atoms with Crippen molar-refractivity contribution in [2.24, 2.45) is 10.8 Å². The van der Waals surface area contributed by atoms with Crippen molar-refractivity contribution in [3.8, 4) is 5.75 Å². The summed E-state index contributed by atoms with van der Waals surface area (Å²) >= 11 is 6.00. The molecule has 0 spiro atoms. The summed E-state index contributed by atoms with van der Waals surface area (Å²) in [5.74, 6) is 0.863. The number of ether oxygens (including phenoxy) is 1. The standard InChI is InChI=1S/C18H20ClN3O/c1-2-23-17-9-7-16(8-10-17)22-18(11-15(12-20)21-22)13-3-5-14(19)6-4-13/h3-10,18H,2,11-12,20H2,1H3. The first-order chi connectivity index (χ1) is 11.2. The predicted octanol–water partition coefficient (Wildman–Crippen LogP) is 4.00. The van der Waals surface area contributed by atoms with Crippen LogP contribution in [0.25, 0.3) is 0 Å². The molecule has 0 radical (unpaired) electrons. The molecule has 23 heavy (non-hydrogen) atoms. The molecule has 0 saturated heterocycles. The Bertz CT molecular complexity index is 682. The fourth-order valence-electron chi connectivity index (χ4n) is 2.74. The summed E-state index contributed by atoms with van der Waals surface area (Å²) in [5, 5.41) is 7.45. The van der Waals surface area contributed by atoms with Crippen LogP contribution in [0.4, 0.5) is 5.69 Å². The lowest BCUT2D eigenvalue weighted by molar-refractivity contribution is 0.340. The van der Waals surface area contributed by atoms with Gasteiger partial charge in [0.05, 0.1) is 24.0 Å². The van der Waals surface area contributed by atoms with Crippen molar-refractivity contribution in [1.29, 1.82) is 0 Å². The molecule has 2 N–H and O–H groups in total. The van der Waals surface area contributed by atoms with Crippen molar-refractivity contribution in [2.75, 3.05) is 18.2 Å². The first-order valence-corrected chi connectivity index (χ1v) is 8.13. The van der Waals surface area contributed by atoms with Crippen LogP contribution >= 0.6 is 11.6 Å². The highest BCUT2D eigenvalue weighted by Gasteiger charge is 2.28. The lowest BCUT2D eigenvalue weighted by Gasteiger charge is -2.24. The van der Waals surface area contributed by atoms with E-state index in [0.717, 1.165) is 28.6 Å². The number of nitrogens with two attached hydrogens (primary N) is 1. The SMILES string of the molecule is CCOc1ccc(N2N=C(CN)CC2c2ccc(Cl)cc2)cc1. The van der Waals surface area contributed by atoms with E-state index >= 15 is 0 Å². The van der Waals surface area contributed by atoms with Crippen molar-refractivity contribution >= 4 is 23.0 Å². The first kappa shape index (κ1) is 15.8. The number of hydrogen-bond acceptors (Lipinski definition) is 4. The molecule has 1 unspecified atom stereocenters. The van der Waals surface area contributed by atoms with Gasteiger partial charge in [-0.25, -0.2) is 0 Å². The number of rotatable bonds is 5. The molecule has 0 aliphatic carbocycles. The van der Waals surface area contributed by atoms with Gasteiger partial charge in [-0.05, 0) is 48.9 Å². The molecular weight excluding hydrogens is 310 g/mol. The van der Waals surface area contributed by atoms with E-state index in [2.05, 4.69) is 5.10 Å². The van der Waals surface area contributed by atoms with Gasteiger partial charge < -0.3 is 10.5 Å². The summed E-state index contributed by atoms with van der Waals surface area (Å²) in [6.07, 6.45) is 0.825. The van der Waals surface area contributed by atoms with Gasteiger partial charge in [-0.3, -0.25) is 5.01 Å². The van der Waals surface area contributed by atoms with Gasteiger partial charge in [0.25, 0.3) is 0 Å². The van der Waals surface area contributed by atoms with E-state index < -0.39 is 0 Å². The number of anilines is 1. The fraction of sp³-hybridized carbons (Fsp3) is 0.278. The molecule has 1 aliphatic heterocycles. The summed E-state index contributed by atoms with van der Waals surface area (Å²) in [7, 11) is 0. The maximum Gasteiger partial charge on any atom is 0.119 e. The van der Waals surface area contributed by atoms with E-state index in [-0.39, 0.29) is 6.04 Å². The van der Waals surface area contributed by atoms with Gasteiger partial charge in [-0.1, -0.05) is 23.7 Å².